The number of nitrogen functional groups attached to an aromatic ring is 1. The van der Waals surface area contributed by atoms with Gasteiger partial charge in [0.1, 0.15) is 5.82 Å². The molecule has 1 spiro atoms. The molecule has 1 fully saturated rings. The van der Waals surface area contributed by atoms with Crippen LogP contribution < -0.4 is 31.1 Å². The Hall–Kier alpha value is -3.69. The van der Waals surface area contributed by atoms with Gasteiger partial charge in [-0.25, -0.2) is 13.2 Å². The van der Waals surface area contributed by atoms with E-state index in [-0.39, 0.29) is 69.3 Å². The number of rotatable bonds is 9. The zero-order chi connectivity index (χ0) is 29.2. The molecule has 1 saturated heterocycles. The van der Waals surface area contributed by atoms with Crippen LogP contribution in [0.4, 0.5) is 14.6 Å². The van der Waals surface area contributed by atoms with E-state index in [9.17, 15) is 26.8 Å². The van der Waals surface area contributed by atoms with Crippen molar-refractivity contribution >= 4 is 38.7 Å². The Labute approximate surface area is 232 Å². The summed E-state index contributed by atoms with van der Waals surface area (Å²) >= 11 is 6.37. The number of carbonyl (C=O) groups excluding carboxylic acids is 1. The predicted molar refractivity (Wildman–Crippen MR) is 140 cm³/mol. The fraction of sp³-hybridized carbons (Fsp3) is 0.375. The normalized spacial score (nSPS) is 18.0. The van der Waals surface area contributed by atoms with Gasteiger partial charge in [-0.15, -0.1) is 0 Å². The van der Waals surface area contributed by atoms with Crippen LogP contribution in [0.15, 0.2) is 46.0 Å². The molecule has 1 aromatic carbocycles. The summed E-state index contributed by atoms with van der Waals surface area (Å²) in [6.07, 6.45) is 2.06. The highest BCUT2D eigenvalue weighted by Crippen LogP contribution is 2.52. The molecule has 12 nitrogen and oxygen atoms in total. The number of nitrogens with two attached hydrogens (primary N) is 1. The van der Waals surface area contributed by atoms with Gasteiger partial charge in [-0.1, -0.05) is 11.6 Å². The van der Waals surface area contributed by atoms with Crippen LogP contribution in [0.1, 0.15) is 36.5 Å². The van der Waals surface area contributed by atoms with E-state index in [0.29, 0.717) is 0 Å². The number of carbonyl (C=O) groups is 1. The molecule has 40 heavy (non-hydrogen) atoms. The average molecular weight is 603 g/mol. The highest BCUT2D eigenvalue weighted by molar-refractivity contribution is 7.91. The van der Waals surface area contributed by atoms with Crippen LogP contribution in [-0.2, 0) is 14.7 Å². The molecule has 2 aromatic rings. The molecular formula is C24H25ClF2N4O8S. The van der Waals surface area contributed by atoms with Gasteiger partial charge in [0.25, 0.3) is 5.79 Å². The van der Waals surface area contributed by atoms with Crippen LogP contribution in [0.3, 0.4) is 0 Å². The van der Waals surface area contributed by atoms with Crippen molar-refractivity contribution < 1.29 is 41.0 Å². The Balaban J connectivity index is 1.73. The number of halogens is 3. The quantitative estimate of drug-likeness (QED) is 0.247. The maximum Gasteiger partial charge on any atom is 0.387 e. The third-order valence-corrected chi connectivity index (χ3v) is 8.10. The van der Waals surface area contributed by atoms with Gasteiger partial charge in [-0.05, 0) is 30.7 Å². The number of alkyl halides is 2. The second kappa shape index (κ2) is 11.4. The molecule has 3 heterocycles. The summed E-state index contributed by atoms with van der Waals surface area (Å²) in [6.45, 7) is -1.69. The number of hydroxylamine groups is 1. The lowest BCUT2D eigenvalue weighted by atomic mass is 9.99. The third-order valence-electron chi connectivity index (χ3n) is 6.22. The minimum Gasteiger partial charge on any atom is -0.447 e. The first-order chi connectivity index (χ1) is 18.8. The van der Waals surface area contributed by atoms with Crippen molar-refractivity contribution in [2.45, 2.75) is 38.6 Å². The second-order valence-electron chi connectivity index (χ2n) is 8.88. The Morgan fingerprint density at radius 1 is 1.27 bits per heavy atom. The van der Waals surface area contributed by atoms with E-state index in [2.05, 4.69) is 15.2 Å². The summed E-state index contributed by atoms with van der Waals surface area (Å²) in [5.74, 6) is -3.36. The summed E-state index contributed by atoms with van der Waals surface area (Å²) in [5.41, 5.74) is 7.56. The van der Waals surface area contributed by atoms with Gasteiger partial charge >= 0.3 is 12.3 Å². The van der Waals surface area contributed by atoms with Crippen molar-refractivity contribution in [3.63, 3.8) is 0 Å². The molecule has 1 aromatic heterocycles. The number of allylic oxidation sites excluding steroid dienone is 3. The number of ether oxygens (including phenoxy) is 3. The van der Waals surface area contributed by atoms with E-state index >= 15 is 0 Å². The number of nitrogens with zero attached hydrogens (tertiary/aromatic N) is 2. The number of aromatic nitrogens is 2. The average Bonchev–Trinajstić information content (AvgIpc) is 3.26. The molecule has 2 aliphatic rings. The number of sulfone groups is 1. The van der Waals surface area contributed by atoms with Crippen molar-refractivity contribution in [3.8, 4) is 17.2 Å². The molecule has 0 atom stereocenters. The summed E-state index contributed by atoms with van der Waals surface area (Å²) in [6, 6.07) is 3.74. The van der Waals surface area contributed by atoms with Gasteiger partial charge in [-0.3, -0.25) is 19.7 Å². The second-order valence-corrected chi connectivity index (χ2v) is 11.8. The number of hydrogen-bond acceptors (Lipinski definition) is 11. The van der Waals surface area contributed by atoms with E-state index in [1.165, 1.54) is 38.6 Å². The molecule has 0 radical (unpaired) electrons. The first-order valence-corrected chi connectivity index (χ1v) is 14.0. The Kier molecular flexibility index (Phi) is 8.37. The number of hydrogen-bond donors (Lipinski definition) is 2. The summed E-state index contributed by atoms with van der Waals surface area (Å²) < 4.78 is 67.7. The maximum atomic E-state index is 13.7. The summed E-state index contributed by atoms with van der Waals surface area (Å²) in [4.78, 5) is 34.8. The molecule has 0 unspecified atom stereocenters. The van der Waals surface area contributed by atoms with Gasteiger partial charge < -0.3 is 19.9 Å². The number of nitrogens with one attached hydrogen (secondary N) is 1. The van der Waals surface area contributed by atoms with E-state index in [1.807, 2.05) is 0 Å². The minimum atomic E-state index is -3.33. The van der Waals surface area contributed by atoms with Crippen molar-refractivity contribution in [2.75, 3.05) is 24.3 Å². The standard InChI is InChI=1S/C24H25ClF2N4O8S/c1-13(25)15(16(12-29-36-2)31-8-5-19(28)30-23(31)33)11-17(32)14-3-4-18(37-22(26)27)21-20(14)38-24(39-21)6-9-40(34,35)10-7-24/h3-5,8,12,22,29H,6-7,9-11H2,1-2H3,(H2,28,30,33)/b15-13+,16-12+. The molecule has 2 aliphatic heterocycles. The monoisotopic (exact) mass is 602 g/mol. The molecule has 4 rings (SSSR count). The molecule has 0 bridgehead atoms. The highest BCUT2D eigenvalue weighted by Gasteiger charge is 2.48. The fourth-order valence-corrected chi connectivity index (χ4v) is 5.87. The van der Waals surface area contributed by atoms with Crippen LogP contribution >= 0.6 is 11.6 Å². The number of fused-ring (bicyclic) bond motifs is 1. The van der Waals surface area contributed by atoms with Crippen LogP contribution in [0.2, 0.25) is 0 Å². The fourth-order valence-electron chi connectivity index (χ4n) is 4.26. The van der Waals surface area contributed by atoms with Crippen molar-refractivity contribution in [2.24, 2.45) is 0 Å². The Morgan fingerprint density at radius 2 is 1.95 bits per heavy atom. The van der Waals surface area contributed by atoms with Gasteiger partial charge in [0, 0.05) is 36.7 Å². The van der Waals surface area contributed by atoms with Crippen LogP contribution in [0.5, 0.6) is 17.2 Å². The van der Waals surface area contributed by atoms with Crippen molar-refractivity contribution in [1.82, 2.24) is 15.0 Å². The van der Waals surface area contributed by atoms with Crippen LogP contribution in [-0.4, -0.2) is 54.8 Å². The third kappa shape index (κ3) is 6.21. The van der Waals surface area contributed by atoms with Gasteiger partial charge in [0.15, 0.2) is 27.1 Å². The Morgan fingerprint density at radius 3 is 2.55 bits per heavy atom. The molecule has 0 saturated carbocycles. The molecule has 216 valence electrons. The van der Waals surface area contributed by atoms with Gasteiger partial charge in [0.2, 0.25) is 5.75 Å². The number of ketones is 1. The molecule has 0 amide bonds. The van der Waals surface area contributed by atoms with E-state index < -0.39 is 40.1 Å². The summed E-state index contributed by atoms with van der Waals surface area (Å²) in [5, 5.41) is 0.140. The van der Waals surface area contributed by atoms with E-state index in [4.69, 9.17) is 31.6 Å². The lowest BCUT2D eigenvalue weighted by Gasteiger charge is -2.31. The largest absolute Gasteiger partial charge is 0.447 e. The SMILES string of the molecule is CON/C=C(\C(CC(=O)c1ccc(OC(F)F)c2c1OC1(CCS(=O)(=O)CC1)O2)=C(/C)Cl)n1ccc(N)nc1=O. The number of anilines is 1. The smallest absolute Gasteiger partial charge is 0.387 e. The molecule has 0 aliphatic carbocycles. The zero-order valence-electron chi connectivity index (χ0n) is 21.3. The van der Waals surface area contributed by atoms with E-state index in [0.717, 1.165) is 10.6 Å². The van der Waals surface area contributed by atoms with Crippen LogP contribution in [0, 0.1) is 0 Å². The first-order valence-electron chi connectivity index (χ1n) is 11.8. The molecular weight excluding hydrogens is 578 g/mol. The maximum absolute atomic E-state index is 13.7. The first kappa shape index (κ1) is 29.3. The van der Waals surface area contributed by atoms with Gasteiger partial charge in [-0.2, -0.15) is 13.8 Å². The number of benzene rings is 1. The van der Waals surface area contributed by atoms with Gasteiger partial charge in [0.05, 0.1) is 29.9 Å². The number of Topliss-reactive ketones (excluding diaryl/α,β-unsaturated/α-hetero) is 1. The van der Waals surface area contributed by atoms with E-state index in [1.54, 1.807) is 0 Å². The Bertz CT molecular complexity index is 1540. The highest BCUT2D eigenvalue weighted by atomic mass is 35.5. The molecule has 3 N–H and O–H groups in total. The summed E-state index contributed by atoms with van der Waals surface area (Å²) in [7, 11) is -2.00. The lowest BCUT2D eigenvalue weighted by Crippen LogP contribution is -2.46. The molecule has 16 heteroatoms. The minimum absolute atomic E-state index is 0.0206. The zero-order valence-corrected chi connectivity index (χ0v) is 22.9. The lowest BCUT2D eigenvalue weighted by molar-refractivity contribution is -0.0903. The van der Waals surface area contributed by atoms with Crippen LogP contribution in [0.25, 0.3) is 5.70 Å². The van der Waals surface area contributed by atoms with Crippen molar-refractivity contribution in [3.05, 3.63) is 57.2 Å². The predicted octanol–water partition coefficient (Wildman–Crippen LogP) is 2.84. The van der Waals surface area contributed by atoms with Crippen molar-refractivity contribution in [1.29, 1.82) is 0 Å². The topological polar surface area (TPSA) is 161 Å².